The predicted molar refractivity (Wildman–Crippen MR) is 53.8 cm³/mol. The summed E-state index contributed by atoms with van der Waals surface area (Å²) in [5.74, 6) is 0.604. The molecule has 1 atom stereocenters. The first kappa shape index (κ1) is 10.7. The van der Waals surface area contributed by atoms with Gasteiger partial charge in [-0.25, -0.2) is 0 Å². The lowest BCUT2D eigenvalue weighted by Crippen LogP contribution is -2.18. The molecule has 0 aromatic heterocycles. The second kappa shape index (κ2) is 5.40. The molecule has 0 fully saturated rings. The van der Waals surface area contributed by atoms with Crippen molar-refractivity contribution in [3.8, 4) is 5.75 Å². The van der Waals surface area contributed by atoms with Crippen LogP contribution in [0.15, 0.2) is 24.3 Å². The molecule has 1 unspecified atom stereocenters. The van der Waals surface area contributed by atoms with Crippen LogP contribution in [0, 0.1) is 0 Å². The molecule has 1 aromatic rings. The van der Waals surface area contributed by atoms with Gasteiger partial charge in [0.25, 0.3) is 0 Å². The molecular weight excluding hydrogens is 180 g/mol. The van der Waals surface area contributed by atoms with E-state index in [1.165, 1.54) is 0 Å². The minimum absolute atomic E-state index is 0.0545. The summed E-state index contributed by atoms with van der Waals surface area (Å²) in [5, 5.41) is 0. The van der Waals surface area contributed by atoms with Gasteiger partial charge < -0.3 is 9.47 Å². The predicted octanol–water partition coefficient (Wildman–Crippen LogP) is 1.91. The van der Waals surface area contributed by atoms with Crippen molar-refractivity contribution in [2.45, 2.75) is 13.0 Å². The molecule has 0 radical (unpaired) electrons. The van der Waals surface area contributed by atoms with Crippen LogP contribution in [0.1, 0.15) is 17.3 Å². The average molecular weight is 194 g/mol. The first-order valence-electron chi connectivity index (χ1n) is 4.47. The third kappa shape index (κ3) is 2.85. The van der Waals surface area contributed by atoms with Gasteiger partial charge in [0.1, 0.15) is 11.9 Å². The molecule has 0 spiro atoms. The molecule has 0 aliphatic rings. The molecule has 76 valence electrons. The molecular formula is C11H14O3. The van der Waals surface area contributed by atoms with E-state index in [1.807, 2.05) is 13.0 Å². The molecule has 0 bridgehead atoms. The van der Waals surface area contributed by atoms with E-state index in [9.17, 15) is 4.79 Å². The van der Waals surface area contributed by atoms with Crippen molar-refractivity contribution in [3.05, 3.63) is 29.8 Å². The number of hydrogen-bond donors (Lipinski definition) is 0. The van der Waals surface area contributed by atoms with Crippen molar-refractivity contribution >= 4 is 6.29 Å². The SMILES string of the molecule is COCC(C)Oc1ccccc1C=O. The van der Waals surface area contributed by atoms with E-state index >= 15 is 0 Å². The van der Waals surface area contributed by atoms with Gasteiger partial charge >= 0.3 is 0 Å². The Kier molecular flexibility index (Phi) is 4.13. The van der Waals surface area contributed by atoms with Crippen molar-refractivity contribution in [2.24, 2.45) is 0 Å². The van der Waals surface area contributed by atoms with Gasteiger partial charge in [0.05, 0.1) is 12.2 Å². The second-order valence-corrected chi connectivity index (χ2v) is 3.04. The quantitative estimate of drug-likeness (QED) is 0.672. The minimum Gasteiger partial charge on any atom is -0.488 e. The van der Waals surface area contributed by atoms with E-state index in [1.54, 1.807) is 25.3 Å². The van der Waals surface area contributed by atoms with Gasteiger partial charge in [-0.2, -0.15) is 0 Å². The zero-order chi connectivity index (χ0) is 10.4. The Labute approximate surface area is 83.6 Å². The zero-order valence-electron chi connectivity index (χ0n) is 8.40. The molecule has 14 heavy (non-hydrogen) atoms. The highest BCUT2D eigenvalue weighted by Gasteiger charge is 2.06. The summed E-state index contributed by atoms with van der Waals surface area (Å²) in [4.78, 5) is 10.7. The maximum absolute atomic E-state index is 10.7. The van der Waals surface area contributed by atoms with E-state index in [0.717, 1.165) is 6.29 Å². The van der Waals surface area contributed by atoms with Gasteiger partial charge in [-0.1, -0.05) is 12.1 Å². The summed E-state index contributed by atoms with van der Waals surface area (Å²) < 4.78 is 10.5. The zero-order valence-corrected chi connectivity index (χ0v) is 8.40. The lowest BCUT2D eigenvalue weighted by atomic mass is 10.2. The minimum atomic E-state index is -0.0545. The van der Waals surface area contributed by atoms with E-state index in [0.29, 0.717) is 17.9 Å². The highest BCUT2D eigenvalue weighted by atomic mass is 16.5. The summed E-state index contributed by atoms with van der Waals surface area (Å²) in [5.41, 5.74) is 0.565. The number of aldehydes is 1. The smallest absolute Gasteiger partial charge is 0.153 e. The number of rotatable bonds is 5. The average Bonchev–Trinajstić information content (AvgIpc) is 2.19. The molecule has 0 N–H and O–H groups in total. The summed E-state index contributed by atoms with van der Waals surface area (Å²) >= 11 is 0. The van der Waals surface area contributed by atoms with Crippen LogP contribution in [0.3, 0.4) is 0 Å². The Morgan fingerprint density at radius 3 is 2.79 bits per heavy atom. The molecule has 1 aromatic carbocycles. The fourth-order valence-corrected chi connectivity index (χ4v) is 1.17. The Balaban J connectivity index is 2.70. The number of carbonyl (C=O) groups excluding carboxylic acids is 1. The number of benzene rings is 1. The number of methoxy groups -OCH3 is 1. The standard InChI is InChI=1S/C11H14O3/c1-9(8-13-2)14-11-6-4-3-5-10(11)7-12/h3-7,9H,8H2,1-2H3. The number of carbonyl (C=O) groups is 1. The molecule has 0 aliphatic heterocycles. The third-order valence-electron chi connectivity index (χ3n) is 1.78. The second-order valence-electron chi connectivity index (χ2n) is 3.04. The van der Waals surface area contributed by atoms with Crippen molar-refractivity contribution in [3.63, 3.8) is 0 Å². The topological polar surface area (TPSA) is 35.5 Å². The van der Waals surface area contributed by atoms with Gasteiger partial charge in [0, 0.05) is 7.11 Å². The first-order chi connectivity index (χ1) is 6.77. The van der Waals surface area contributed by atoms with Crippen LogP contribution in [0.5, 0.6) is 5.75 Å². The summed E-state index contributed by atoms with van der Waals surface area (Å²) in [7, 11) is 1.62. The molecule has 0 saturated heterocycles. The number of ether oxygens (including phenoxy) is 2. The van der Waals surface area contributed by atoms with Gasteiger partial charge in [-0.15, -0.1) is 0 Å². The maximum Gasteiger partial charge on any atom is 0.153 e. The van der Waals surface area contributed by atoms with Gasteiger partial charge in [-0.3, -0.25) is 4.79 Å². The van der Waals surface area contributed by atoms with Gasteiger partial charge in [0.15, 0.2) is 6.29 Å². The Hall–Kier alpha value is -1.35. The van der Waals surface area contributed by atoms with Gasteiger partial charge in [0.2, 0.25) is 0 Å². The molecule has 0 aliphatic carbocycles. The van der Waals surface area contributed by atoms with Crippen molar-refractivity contribution in [1.82, 2.24) is 0 Å². The van der Waals surface area contributed by atoms with Crippen LogP contribution >= 0.6 is 0 Å². The summed E-state index contributed by atoms with van der Waals surface area (Å²) in [6.45, 7) is 2.40. The highest BCUT2D eigenvalue weighted by Crippen LogP contribution is 2.17. The molecule has 3 heteroatoms. The van der Waals surface area contributed by atoms with Crippen LogP contribution in [0.2, 0.25) is 0 Å². The number of para-hydroxylation sites is 1. The monoisotopic (exact) mass is 194 g/mol. The van der Waals surface area contributed by atoms with Crippen molar-refractivity contribution < 1.29 is 14.3 Å². The fraction of sp³-hybridized carbons (Fsp3) is 0.364. The van der Waals surface area contributed by atoms with E-state index in [4.69, 9.17) is 9.47 Å². The van der Waals surface area contributed by atoms with Crippen molar-refractivity contribution in [1.29, 1.82) is 0 Å². The van der Waals surface area contributed by atoms with Crippen LogP contribution in [0.25, 0.3) is 0 Å². The maximum atomic E-state index is 10.7. The third-order valence-corrected chi connectivity index (χ3v) is 1.78. The first-order valence-corrected chi connectivity index (χ1v) is 4.47. The lowest BCUT2D eigenvalue weighted by molar-refractivity contribution is 0.0905. The van der Waals surface area contributed by atoms with Gasteiger partial charge in [-0.05, 0) is 19.1 Å². The highest BCUT2D eigenvalue weighted by molar-refractivity contribution is 5.79. The van der Waals surface area contributed by atoms with Crippen LogP contribution in [-0.2, 0) is 4.74 Å². The molecule has 1 rings (SSSR count). The molecule has 3 nitrogen and oxygen atoms in total. The molecule has 0 heterocycles. The van der Waals surface area contributed by atoms with Crippen LogP contribution in [0.4, 0.5) is 0 Å². The van der Waals surface area contributed by atoms with Crippen LogP contribution in [-0.4, -0.2) is 26.1 Å². The Morgan fingerprint density at radius 1 is 1.43 bits per heavy atom. The fourth-order valence-electron chi connectivity index (χ4n) is 1.17. The number of hydrogen-bond acceptors (Lipinski definition) is 3. The van der Waals surface area contributed by atoms with Crippen LogP contribution < -0.4 is 4.74 Å². The van der Waals surface area contributed by atoms with E-state index in [-0.39, 0.29) is 6.10 Å². The lowest BCUT2D eigenvalue weighted by Gasteiger charge is -2.14. The van der Waals surface area contributed by atoms with Crippen molar-refractivity contribution in [2.75, 3.05) is 13.7 Å². The van der Waals surface area contributed by atoms with E-state index in [2.05, 4.69) is 0 Å². The molecule has 0 saturated carbocycles. The molecule has 0 amide bonds. The van der Waals surface area contributed by atoms with E-state index < -0.39 is 0 Å². The normalized spacial score (nSPS) is 12.1. The Morgan fingerprint density at radius 2 is 2.14 bits per heavy atom. The Bertz CT molecular complexity index is 296. The summed E-state index contributed by atoms with van der Waals surface area (Å²) in [6.07, 6.45) is 0.732. The largest absolute Gasteiger partial charge is 0.488 e. The summed E-state index contributed by atoms with van der Waals surface area (Å²) in [6, 6.07) is 7.14.